The molecule has 23 heavy (non-hydrogen) atoms. The maximum absolute atomic E-state index is 12.4. The Morgan fingerprint density at radius 3 is 2.83 bits per heavy atom. The van der Waals surface area contributed by atoms with Gasteiger partial charge in [0.1, 0.15) is 5.76 Å². The number of hydrogen-bond acceptors (Lipinski definition) is 3. The highest BCUT2D eigenvalue weighted by molar-refractivity contribution is 5.91. The molecule has 4 nitrogen and oxygen atoms in total. The summed E-state index contributed by atoms with van der Waals surface area (Å²) < 4.78 is 11.4. The fraction of sp³-hybridized carbons (Fsp3) is 0.421. The van der Waals surface area contributed by atoms with E-state index in [1.54, 1.807) is 6.07 Å². The minimum Gasteiger partial charge on any atom is -0.456 e. The van der Waals surface area contributed by atoms with Crippen molar-refractivity contribution < 1.29 is 13.9 Å². The Morgan fingerprint density at radius 1 is 1.26 bits per heavy atom. The van der Waals surface area contributed by atoms with Crippen molar-refractivity contribution >= 4 is 5.91 Å². The number of aryl methyl sites for hydroxylation is 1. The van der Waals surface area contributed by atoms with Crippen LogP contribution in [0, 0.1) is 5.92 Å². The molecule has 3 rings (SSSR count). The van der Waals surface area contributed by atoms with Crippen molar-refractivity contribution in [3.05, 3.63) is 59.5 Å². The van der Waals surface area contributed by atoms with Crippen LogP contribution in [0.25, 0.3) is 0 Å². The molecule has 0 aliphatic carbocycles. The van der Waals surface area contributed by atoms with E-state index in [1.165, 1.54) is 5.56 Å². The molecule has 2 aromatic rings. The Hall–Kier alpha value is -2.07. The number of amides is 1. The second kappa shape index (κ2) is 7.47. The molecular weight excluding hydrogens is 290 g/mol. The average Bonchev–Trinajstić information content (AvgIpc) is 3.24. The first kappa shape index (κ1) is 15.8. The van der Waals surface area contributed by atoms with Crippen LogP contribution in [0.2, 0.25) is 0 Å². The van der Waals surface area contributed by atoms with Crippen molar-refractivity contribution in [3.63, 3.8) is 0 Å². The molecule has 0 radical (unpaired) electrons. The van der Waals surface area contributed by atoms with Crippen LogP contribution in [0.5, 0.6) is 0 Å². The fourth-order valence-corrected chi connectivity index (χ4v) is 2.91. The molecular formula is C19H23NO3. The van der Waals surface area contributed by atoms with Gasteiger partial charge in [-0.25, -0.2) is 0 Å². The molecule has 1 aliphatic rings. The Kier molecular flexibility index (Phi) is 5.13. The summed E-state index contributed by atoms with van der Waals surface area (Å²) in [7, 11) is 0. The molecule has 4 heteroatoms. The molecule has 122 valence electrons. The molecule has 1 fully saturated rings. The van der Waals surface area contributed by atoms with E-state index in [-0.39, 0.29) is 5.91 Å². The molecule has 0 N–H and O–H groups in total. The van der Waals surface area contributed by atoms with Gasteiger partial charge in [0.2, 0.25) is 0 Å². The molecule has 1 atom stereocenters. The number of carbonyl (C=O) groups excluding carboxylic acids is 1. The molecule has 1 aromatic heterocycles. The van der Waals surface area contributed by atoms with Gasteiger partial charge in [-0.05, 0) is 24.1 Å². The van der Waals surface area contributed by atoms with Gasteiger partial charge < -0.3 is 14.1 Å². The SMILES string of the molecule is CCc1ccc(C(=O)N2CC[C@H](COCc3ccccc3)C2)o1. The summed E-state index contributed by atoms with van der Waals surface area (Å²) in [5.41, 5.74) is 1.18. The molecule has 1 saturated heterocycles. The summed E-state index contributed by atoms with van der Waals surface area (Å²) in [6, 6.07) is 13.8. The fourth-order valence-electron chi connectivity index (χ4n) is 2.91. The molecule has 0 spiro atoms. The predicted octanol–water partition coefficient (Wildman–Crippen LogP) is 3.52. The first-order chi connectivity index (χ1) is 11.3. The van der Waals surface area contributed by atoms with E-state index >= 15 is 0 Å². The van der Waals surface area contributed by atoms with Crippen molar-refractivity contribution in [1.82, 2.24) is 4.90 Å². The van der Waals surface area contributed by atoms with Gasteiger partial charge in [-0.1, -0.05) is 37.3 Å². The molecule has 0 unspecified atom stereocenters. The normalized spacial score (nSPS) is 17.6. The van der Waals surface area contributed by atoms with Gasteiger partial charge in [-0.15, -0.1) is 0 Å². The third kappa shape index (κ3) is 4.02. The van der Waals surface area contributed by atoms with E-state index in [4.69, 9.17) is 9.15 Å². The summed E-state index contributed by atoms with van der Waals surface area (Å²) in [5.74, 6) is 1.71. The smallest absolute Gasteiger partial charge is 0.289 e. The number of nitrogens with zero attached hydrogens (tertiary/aromatic N) is 1. The molecule has 0 bridgehead atoms. The maximum Gasteiger partial charge on any atom is 0.289 e. The van der Waals surface area contributed by atoms with E-state index in [1.807, 2.05) is 36.1 Å². The molecule has 0 saturated carbocycles. The van der Waals surface area contributed by atoms with Gasteiger partial charge in [-0.2, -0.15) is 0 Å². The monoisotopic (exact) mass is 313 g/mol. The van der Waals surface area contributed by atoms with Crippen LogP contribution in [0.1, 0.15) is 35.2 Å². The average molecular weight is 313 g/mol. The highest BCUT2D eigenvalue weighted by Crippen LogP contribution is 2.20. The number of likely N-dealkylation sites (tertiary alicyclic amines) is 1. The van der Waals surface area contributed by atoms with Crippen molar-refractivity contribution in [3.8, 4) is 0 Å². The van der Waals surface area contributed by atoms with E-state index in [9.17, 15) is 4.79 Å². The zero-order chi connectivity index (χ0) is 16.1. The van der Waals surface area contributed by atoms with Gasteiger partial charge in [0.25, 0.3) is 5.91 Å². The lowest BCUT2D eigenvalue weighted by Crippen LogP contribution is -2.29. The summed E-state index contributed by atoms with van der Waals surface area (Å²) >= 11 is 0. The Morgan fingerprint density at radius 2 is 2.09 bits per heavy atom. The standard InChI is InChI=1S/C19H23NO3/c1-2-17-8-9-18(23-17)19(21)20-11-10-16(12-20)14-22-13-15-6-4-3-5-7-15/h3-9,16H,2,10-14H2,1H3/t16-/m0/s1. The van der Waals surface area contributed by atoms with E-state index < -0.39 is 0 Å². The highest BCUT2D eigenvalue weighted by Gasteiger charge is 2.28. The quantitative estimate of drug-likeness (QED) is 0.819. The van der Waals surface area contributed by atoms with Gasteiger partial charge in [-0.3, -0.25) is 4.79 Å². The van der Waals surface area contributed by atoms with Gasteiger partial charge in [0.15, 0.2) is 5.76 Å². The Labute approximate surface area is 137 Å². The number of furan rings is 1. The number of rotatable bonds is 6. The first-order valence-corrected chi connectivity index (χ1v) is 8.26. The van der Waals surface area contributed by atoms with Crippen LogP contribution < -0.4 is 0 Å². The van der Waals surface area contributed by atoms with Crippen LogP contribution in [-0.4, -0.2) is 30.5 Å². The first-order valence-electron chi connectivity index (χ1n) is 8.26. The minimum atomic E-state index is -0.00439. The van der Waals surface area contributed by atoms with E-state index in [2.05, 4.69) is 12.1 Å². The van der Waals surface area contributed by atoms with Crippen molar-refractivity contribution in [2.45, 2.75) is 26.4 Å². The lowest BCUT2D eigenvalue weighted by molar-refractivity contribution is 0.0706. The Bertz CT molecular complexity index is 635. The lowest BCUT2D eigenvalue weighted by Gasteiger charge is -2.15. The number of carbonyl (C=O) groups is 1. The lowest BCUT2D eigenvalue weighted by atomic mass is 10.1. The van der Waals surface area contributed by atoms with Crippen LogP contribution in [0.4, 0.5) is 0 Å². The summed E-state index contributed by atoms with van der Waals surface area (Å²) in [6.45, 7) is 4.86. The maximum atomic E-state index is 12.4. The van der Waals surface area contributed by atoms with Gasteiger partial charge >= 0.3 is 0 Å². The Balaban J connectivity index is 1.45. The second-order valence-corrected chi connectivity index (χ2v) is 6.03. The predicted molar refractivity (Wildman–Crippen MR) is 88.2 cm³/mol. The van der Waals surface area contributed by atoms with Crippen LogP contribution in [0.15, 0.2) is 46.9 Å². The van der Waals surface area contributed by atoms with Crippen molar-refractivity contribution in [2.24, 2.45) is 5.92 Å². The summed E-state index contributed by atoms with van der Waals surface area (Å²) in [6.07, 6.45) is 1.80. The zero-order valence-electron chi connectivity index (χ0n) is 13.5. The highest BCUT2D eigenvalue weighted by atomic mass is 16.5. The largest absolute Gasteiger partial charge is 0.456 e. The number of hydrogen-bond donors (Lipinski definition) is 0. The summed E-state index contributed by atoms with van der Waals surface area (Å²) in [5, 5.41) is 0. The molecule has 1 aromatic carbocycles. The van der Waals surface area contributed by atoms with Crippen molar-refractivity contribution in [2.75, 3.05) is 19.7 Å². The summed E-state index contributed by atoms with van der Waals surface area (Å²) in [4.78, 5) is 14.3. The zero-order valence-corrected chi connectivity index (χ0v) is 13.5. The topological polar surface area (TPSA) is 42.7 Å². The van der Waals surface area contributed by atoms with Gasteiger partial charge in [0, 0.05) is 25.4 Å². The molecule has 1 aliphatic heterocycles. The van der Waals surface area contributed by atoms with E-state index in [0.717, 1.165) is 31.7 Å². The minimum absolute atomic E-state index is 0.00439. The van der Waals surface area contributed by atoms with Crippen molar-refractivity contribution in [1.29, 1.82) is 0 Å². The third-order valence-corrected chi connectivity index (χ3v) is 4.26. The molecule has 1 amide bonds. The number of benzene rings is 1. The van der Waals surface area contributed by atoms with E-state index in [0.29, 0.717) is 24.9 Å². The van der Waals surface area contributed by atoms with Crippen LogP contribution in [0.3, 0.4) is 0 Å². The van der Waals surface area contributed by atoms with Crippen LogP contribution >= 0.6 is 0 Å². The second-order valence-electron chi connectivity index (χ2n) is 6.03. The van der Waals surface area contributed by atoms with Crippen LogP contribution in [-0.2, 0) is 17.8 Å². The third-order valence-electron chi connectivity index (χ3n) is 4.26. The molecule has 2 heterocycles. The van der Waals surface area contributed by atoms with Gasteiger partial charge in [0.05, 0.1) is 13.2 Å². The number of ether oxygens (including phenoxy) is 1.